The molecule has 2 heterocycles. The van der Waals surface area contributed by atoms with Gasteiger partial charge in [-0.05, 0) is 31.5 Å². The first-order chi connectivity index (χ1) is 9.69. The number of aryl methyl sites for hydroxylation is 1. The molecule has 0 spiro atoms. The van der Waals surface area contributed by atoms with Gasteiger partial charge in [0.05, 0.1) is 19.3 Å². The van der Waals surface area contributed by atoms with Gasteiger partial charge in [0.2, 0.25) is 0 Å². The highest BCUT2D eigenvalue weighted by Gasteiger charge is 2.26. The normalized spacial score (nSPS) is 14.0. The lowest BCUT2D eigenvalue weighted by Crippen LogP contribution is -2.35. The zero-order valence-electron chi connectivity index (χ0n) is 11.5. The van der Waals surface area contributed by atoms with E-state index in [2.05, 4.69) is 5.16 Å². The third-order valence-corrected chi connectivity index (χ3v) is 3.64. The largest absolute Gasteiger partial charge is 0.497 e. The third kappa shape index (κ3) is 2.15. The molecule has 0 saturated heterocycles. The molecule has 0 bridgehead atoms. The van der Waals surface area contributed by atoms with Crippen molar-refractivity contribution in [3.8, 4) is 5.75 Å². The molecule has 5 nitrogen and oxygen atoms in total. The number of aromatic nitrogens is 1. The second-order valence-electron chi connectivity index (χ2n) is 4.88. The van der Waals surface area contributed by atoms with Crippen LogP contribution >= 0.6 is 0 Å². The molecule has 1 aliphatic rings. The Morgan fingerprint density at radius 1 is 1.45 bits per heavy atom. The minimum Gasteiger partial charge on any atom is -0.497 e. The van der Waals surface area contributed by atoms with Crippen molar-refractivity contribution in [1.29, 1.82) is 0 Å². The van der Waals surface area contributed by atoms with Gasteiger partial charge in [0.15, 0.2) is 5.76 Å². The van der Waals surface area contributed by atoms with Gasteiger partial charge in [0.25, 0.3) is 5.91 Å². The summed E-state index contributed by atoms with van der Waals surface area (Å²) in [7, 11) is 1.59. The van der Waals surface area contributed by atoms with Gasteiger partial charge in [-0.3, -0.25) is 4.79 Å². The Bertz CT molecular complexity index is 648. The highest BCUT2D eigenvalue weighted by atomic mass is 16.5. The molecule has 0 fully saturated rings. The zero-order chi connectivity index (χ0) is 14.1. The van der Waals surface area contributed by atoms with Gasteiger partial charge in [0, 0.05) is 17.7 Å². The maximum absolute atomic E-state index is 12.5. The van der Waals surface area contributed by atoms with Crippen LogP contribution in [0.15, 0.2) is 28.8 Å². The molecule has 2 aromatic rings. The molecule has 20 heavy (non-hydrogen) atoms. The molecule has 1 amide bonds. The fourth-order valence-corrected chi connectivity index (χ4v) is 2.49. The SMILES string of the molecule is COc1cccc(C(=O)N2CCc3c(C)noc3C2)c1. The number of carbonyl (C=O) groups is 1. The van der Waals surface area contributed by atoms with Crippen LogP contribution in [0.3, 0.4) is 0 Å². The number of benzene rings is 1. The molecule has 1 aromatic carbocycles. The van der Waals surface area contributed by atoms with Crippen LogP contribution in [-0.2, 0) is 13.0 Å². The molecule has 0 atom stereocenters. The van der Waals surface area contributed by atoms with Gasteiger partial charge in [0.1, 0.15) is 5.75 Å². The number of nitrogens with zero attached hydrogens (tertiary/aromatic N) is 2. The van der Waals surface area contributed by atoms with Crippen molar-refractivity contribution in [3.63, 3.8) is 0 Å². The maximum atomic E-state index is 12.5. The summed E-state index contributed by atoms with van der Waals surface area (Å²) < 4.78 is 10.4. The number of hydrogen-bond acceptors (Lipinski definition) is 4. The molecule has 5 heteroatoms. The summed E-state index contributed by atoms with van der Waals surface area (Å²) in [6.45, 7) is 3.10. The monoisotopic (exact) mass is 272 g/mol. The van der Waals surface area contributed by atoms with E-state index in [1.54, 1.807) is 24.1 Å². The van der Waals surface area contributed by atoms with Crippen molar-refractivity contribution in [2.24, 2.45) is 0 Å². The average molecular weight is 272 g/mol. The molecule has 0 saturated carbocycles. The second kappa shape index (κ2) is 5.00. The van der Waals surface area contributed by atoms with Crippen molar-refractivity contribution in [2.45, 2.75) is 19.9 Å². The first-order valence-electron chi connectivity index (χ1n) is 6.56. The Hall–Kier alpha value is -2.30. The van der Waals surface area contributed by atoms with E-state index in [4.69, 9.17) is 9.26 Å². The van der Waals surface area contributed by atoms with Gasteiger partial charge in [-0.25, -0.2) is 0 Å². The maximum Gasteiger partial charge on any atom is 0.254 e. The van der Waals surface area contributed by atoms with E-state index in [1.807, 2.05) is 19.1 Å². The molecular formula is C15H16N2O3. The molecule has 0 aliphatic carbocycles. The van der Waals surface area contributed by atoms with Gasteiger partial charge in [-0.1, -0.05) is 11.2 Å². The Balaban J connectivity index is 1.82. The average Bonchev–Trinajstić information content (AvgIpc) is 2.87. The quantitative estimate of drug-likeness (QED) is 0.841. The Morgan fingerprint density at radius 3 is 3.10 bits per heavy atom. The minimum atomic E-state index is -0.0106. The predicted octanol–water partition coefficient (Wildman–Crippen LogP) is 2.19. The summed E-state index contributed by atoms with van der Waals surface area (Å²) in [5.41, 5.74) is 2.69. The summed E-state index contributed by atoms with van der Waals surface area (Å²) in [5, 5.41) is 3.96. The van der Waals surface area contributed by atoms with Crippen molar-refractivity contribution >= 4 is 5.91 Å². The first kappa shape index (κ1) is 12.7. The topological polar surface area (TPSA) is 55.6 Å². The molecule has 0 unspecified atom stereocenters. The Morgan fingerprint density at radius 2 is 2.30 bits per heavy atom. The summed E-state index contributed by atoms with van der Waals surface area (Å²) in [6, 6.07) is 7.19. The standard InChI is InChI=1S/C15H16N2O3/c1-10-13-6-7-17(9-14(13)20-16-10)15(18)11-4-3-5-12(8-11)19-2/h3-5,8H,6-7,9H2,1-2H3. The van der Waals surface area contributed by atoms with E-state index >= 15 is 0 Å². The number of amides is 1. The fraction of sp³-hybridized carbons (Fsp3) is 0.333. The number of fused-ring (bicyclic) bond motifs is 1. The number of ether oxygens (including phenoxy) is 1. The van der Waals surface area contributed by atoms with E-state index in [1.165, 1.54) is 0 Å². The van der Waals surface area contributed by atoms with Crippen molar-refractivity contribution in [2.75, 3.05) is 13.7 Å². The third-order valence-electron chi connectivity index (χ3n) is 3.64. The molecule has 1 aromatic heterocycles. The summed E-state index contributed by atoms with van der Waals surface area (Å²) in [4.78, 5) is 14.3. The number of hydrogen-bond donors (Lipinski definition) is 0. The van der Waals surface area contributed by atoms with Gasteiger partial charge in [-0.15, -0.1) is 0 Å². The Labute approximate surface area is 117 Å². The highest BCUT2D eigenvalue weighted by Crippen LogP contribution is 2.23. The Kier molecular flexibility index (Phi) is 3.18. The summed E-state index contributed by atoms with van der Waals surface area (Å²) in [6.07, 6.45) is 0.792. The smallest absolute Gasteiger partial charge is 0.254 e. The van der Waals surface area contributed by atoms with E-state index < -0.39 is 0 Å². The van der Waals surface area contributed by atoms with Gasteiger partial charge in [-0.2, -0.15) is 0 Å². The number of methoxy groups -OCH3 is 1. The number of rotatable bonds is 2. The lowest BCUT2D eigenvalue weighted by molar-refractivity contribution is 0.0715. The molecule has 0 N–H and O–H groups in total. The van der Waals surface area contributed by atoms with Gasteiger partial charge >= 0.3 is 0 Å². The van der Waals surface area contributed by atoms with Crippen molar-refractivity contribution < 1.29 is 14.1 Å². The first-order valence-corrected chi connectivity index (χ1v) is 6.56. The van der Waals surface area contributed by atoms with Gasteiger partial charge < -0.3 is 14.2 Å². The van der Waals surface area contributed by atoms with Crippen LogP contribution in [0, 0.1) is 6.92 Å². The summed E-state index contributed by atoms with van der Waals surface area (Å²) in [5.74, 6) is 1.47. The highest BCUT2D eigenvalue weighted by molar-refractivity contribution is 5.94. The lowest BCUT2D eigenvalue weighted by Gasteiger charge is -2.25. The fourth-order valence-electron chi connectivity index (χ4n) is 2.49. The molecule has 104 valence electrons. The van der Waals surface area contributed by atoms with E-state index in [0.717, 1.165) is 23.4 Å². The molecule has 1 aliphatic heterocycles. The summed E-state index contributed by atoms with van der Waals surface area (Å²) >= 11 is 0. The van der Waals surface area contributed by atoms with E-state index in [9.17, 15) is 4.79 Å². The predicted molar refractivity (Wildman–Crippen MR) is 72.7 cm³/mol. The van der Waals surface area contributed by atoms with Crippen LogP contribution in [0.1, 0.15) is 27.4 Å². The van der Waals surface area contributed by atoms with Crippen LogP contribution in [-0.4, -0.2) is 29.6 Å². The van der Waals surface area contributed by atoms with Crippen molar-refractivity contribution in [3.05, 3.63) is 46.8 Å². The zero-order valence-corrected chi connectivity index (χ0v) is 11.5. The minimum absolute atomic E-state index is 0.0106. The van der Waals surface area contributed by atoms with Crippen LogP contribution in [0.4, 0.5) is 0 Å². The second-order valence-corrected chi connectivity index (χ2v) is 4.88. The van der Waals surface area contributed by atoms with E-state index in [-0.39, 0.29) is 5.91 Å². The molecular weight excluding hydrogens is 256 g/mol. The van der Waals surface area contributed by atoms with E-state index in [0.29, 0.717) is 24.4 Å². The number of carbonyl (C=O) groups excluding carboxylic acids is 1. The van der Waals surface area contributed by atoms with Crippen LogP contribution in [0.2, 0.25) is 0 Å². The van der Waals surface area contributed by atoms with Crippen molar-refractivity contribution in [1.82, 2.24) is 10.1 Å². The van der Waals surface area contributed by atoms with Crippen LogP contribution in [0.5, 0.6) is 5.75 Å². The molecule has 3 rings (SSSR count). The van der Waals surface area contributed by atoms with Crippen LogP contribution < -0.4 is 4.74 Å². The van der Waals surface area contributed by atoms with Crippen LogP contribution in [0.25, 0.3) is 0 Å². The lowest BCUT2D eigenvalue weighted by atomic mass is 10.0. The molecule has 0 radical (unpaired) electrons.